The number of anilines is 1. The quantitative estimate of drug-likeness (QED) is 0.166. The van der Waals surface area contributed by atoms with Gasteiger partial charge in [-0.3, -0.25) is 25.0 Å². The number of amides is 1. The summed E-state index contributed by atoms with van der Waals surface area (Å²) in [6.45, 7) is 1.68. The van der Waals surface area contributed by atoms with E-state index >= 15 is 0 Å². The highest BCUT2D eigenvalue weighted by molar-refractivity contribution is 6.32. The first-order chi connectivity index (χ1) is 18.1. The van der Waals surface area contributed by atoms with Crippen molar-refractivity contribution in [1.29, 1.82) is 0 Å². The molecule has 0 unspecified atom stereocenters. The molecule has 11 nitrogen and oxygen atoms in total. The van der Waals surface area contributed by atoms with Gasteiger partial charge in [0.25, 0.3) is 17.3 Å². The minimum Gasteiger partial charge on any atom is -0.484 e. The SMILES string of the molecule is Cc1cc(Oc2cc(NC(=O)c3ccc(COc4ccc([N+](=O)[O-])cc4Cl)o3)cc([N+](=O)[O-])c2)ccc1Cl. The predicted octanol–water partition coefficient (Wildman–Crippen LogP) is 7.33. The molecule has 0 bridgehead atoms. The minimum absolute atomic E-state index is 0.0428. The molecule has 0 spiro atoms. The maximum absolute atomic E-state index is 12.7. The Morgan fingerprint density at radius 2 is 1.66 bits per heavy atom. The highest BCUT2D eigenvalue weighted by Gasteiger charge is 2.17. The third kappa shape index (κ3) is 6.38. The number of nitrogens with zero attached hydrogens (tertiary/aromatic N) is 2. The number of benzene rings is 3. The maximum Gasteiger partial charge on any atom is 0.291 e. The van der Waals surface area contributed by atoms with Gasteiger partial charge in [0.1, 0.15) is 29.6 Å². The molecule has 0 saturated carbocycles. The number of non-ortho nitro benzene ring substituents is 2. The van der Waals surface area contributed by atoms with Crippen LogP contribution in [0.1, 0.15) is 21.9 Å². The average Bonchev–Trinajstić information content (AvgIpc) is 3.34. The van der Waals surface area contributed by atoms with Crippen LogP contribution in [-0.4, -0.2) is 15.8 Å². The number of hydrogen-bond acceptors (Lipinski definition) is 8. The molecule has 4 rings (SSSR count). The minimum atomic E-state index is -0.668. The van der Waals surface area contributed by atoms with Crippen molar-refractivity contribution < 1.29 is 28.5 Å². The summed E-state index contributed by atoms with van der Waals surface area (Å²) in [7, 11) is 0. The Balaban J connectivity index is 1.45. The normalized spacial score (nSPS) is 10.6. The fourth-order valence-corrected chi connectivity index (χ4v) is 3.62. The maximum atomic E-state index is 12.7. The van der Waals surface area contributed by atoms with E-state index in [0.717, 1.165) is 11.6 Å². The van der Waals surface area contributed by atoms with Crippen molar-refractivity contribution in [3.05, 3.63) is 114 Å². The van der Waals surface area contributed by atoms with Gasteiger partial charge in [0, 0.05) is 29.3 Å². The highest BCUT2D eigenvalue weighted by Crippen LogP contribution is 2.32. The summed E-state index contributed by atoms with van der Waals surface area (Å²) in [6.07, 6.45) is 0. The van der Waals surface area contributed by atoms with Gasteiger partial charge in [-0.05, 0) is 48.9 Å². The zero-order valence-electron chi connectivity index (χ0n) is 19.5. The van der Waals surface area contributed by atoms with Crippen LogP contribution in [0.3, 0.4) is 0 Å². The van der Waals surface area contributed by atoms with E-state index in [2.05, 4.69) is 5.32 Å². The van der Waals surface area contributed by atoms with Crippen LogP contribution < -0.4 is 14.8 Å². The van der Waals surface area contributed by atoms with Gasteiger partial charge in [-0.2, -0.15) is 0 Å². The van der Waals surface area contributed by atoms with Crippen molar-refractivity contribution in [3.63, 3.8) is 0 Å². The van der Waals surface area contributed by atoms with Gasteiger partial charge in [0.2, 0.25) is 0 Å². The van der Waals surface area contributed by atoms with Gasteiger partial charge < -0.3 is 19.2 Å². The largest absolute Gasteiger partial charge is 0.484 e. The third-order valence-corrected chi connectivity index (χ3v) is 5.83. The van der Waals surface area contributed by atoms with Gasteiger partial charge >= 0.3 is 0 Å². The molecule has 0 aliphatic heterocycles. The molecule has 4 aromatic rings. The zero-order chi connectivity index (χ0) is 27.4. The lowest BCUT2D eigenvalue weighted by molar-refractivity contribution is -0.385. The number of carbonyl (C=O) groups is 1. The summed E-state index contributed by atoms with van der Waals surface area (Å²) in [6, 6.07) is 15.4. The molecule has 1 aromatic heterocycles. The zero-order valence-corrected chi connectivity index (χ0v) is 21.0. The molecule has 3 aromatic carbocycles. The van der Waals surface area contributed by atoms with Crippen molar-refractivity contribution in [3.8, 4) is 17.2 Å². The number of aryl methyl sites for hydroxylation is 1. The van der Waals surface area contributed by atoms with Crippen LogP contribution >= 0.6 is 23.2 Å². The van der Waals surface area contributed by atoms with Crippen molar-refractivity contribution >= 4 is 46.2 Å². The molecule has 38 heavy (non-hydrogen) atoms. The van der Waals surface area contributed by atoms with E-state index in [-0.39, 0.29) is 51.7 Å². The van der Waals surface area contributed by atoms with Gasteiger partial charge in [-0.15, -0.1) is 0 Å². The first-order valence-electron chi connectivity index (χ1n) is 10.8. The van der Waals surface area contributed by atoms with E-state index in [9.17, 15) is 25.0 Å². The van der Waals surface area contributed by atoms with Crippen LogP contribution in [0.2, 0.25) is 10.0 Å². The number of hydrogen-bond donors (Lipinski definition) is 1. The second kappa shape index (κ2) is 11.2. The summed E-state index contributed by atoms with van der Waals surface area (Å²) < 4.78 is 16.8. The van der Waals surface area contributed by atoms with Crippen molar-refractivity contribution in [2.24, 2.45) is 0 Å². The number of rotatable bonds is 9. The van der Waals surface area contributed by atoms with Crippen LogP contribution in [0.4, 0.5) is 17.1 Å². The van der Waals surface area contributed by atoms with E-state index in [1.165, 1.54) is 42.5 Å². The van der Waals surface area contributed by atoms with Crippen LogP contribution in [0, 0.1) is 27.2 Å². The number of nitro groups is 2. The van der Waals surface area contributed by atoms with Gasteiger partial charge in [-0.1, -0.05) is 23.2 Å². The molecule has 1 heterocycles. The van der Waals surface area contributed by atoms with Gasteiger partial charge in [-0.25, -0.2) is 0 Å². The molecule has 0 fully saturated rings. The van der Waals surface area contributed by atoms with Crippen LogP contribution in [0.5, 0.6) is 17.2 Å². The number of nitrogens with one attached hydrogen (secondary N) is 1. The third-order valence-electron chi connectivity index (χ3n) is 5.11. The number of ether oxygens (including phenoxy) is 2. The Labute approximate surface area is 224 Å². The number of nitro benzene ring substituents is 2. The Bertz CT molecular complexity index is 1550. The van der Waals surface area contributed by atoms with Crippen molar-refractivity contribution in [2.45, 2.75) is 13.5 Å². The lowest BCUT2D eigenvalue weighted by Gasteiger charge is -2.10. The fraction of sp³-hybridized carbons (Fsp3) is 0.0800. The molecule has 0 saturated heterocycles. The smallest absolute Gasteiger partial charge is 0.291 e. The van der Waals surface area contributed by atoms with Gasteiger partial charge in [0.05, 0.1) is 26.6 Å². The topological polar surface area (TPSA) is 147 Å². The van der Waals surface area contributed by atoms with Crippen molar-refractivity contribution in [2.75, 3.05) is 5.32 Å². The molecule has 0 atom stereocenters. The molecule has 13 heteroatoms. The molecular formula is C25H17Cl2N3O8. The summed E-state index contributed by atoms with van der Waals surface area (Å²) in [4.78, 5) is 33.8. The van der Waals surface area contributed by atoms with Crippen molar-refractivity contribution in [1.82, 2.24) is 0 Å². The summed E-state index contributed by atoms with van der Waals surface area (Å²) in [5, 5.41) is 25.4. The Morgan fingerprint density at radius 3 is 2.34 bits per heavy atom. The summed E-state index contributed by atoms with van der Waals surface area (Å²) in [5.74, 6) is 0.253. The van der Waals surface area contributed by atoms with Crippen LogP contribution in [-0.2, 0) is 6.61 Å². The first kappa shape index (κ1) is 26.5. The van der Waals surface area contributed by atoms with E-state index in [4.69, 9.17) is 37.1 Å². The van der Waals surface area contributed by atoms with Gasteiger partial charge in [0.15, 0.2) is 5.76 Å². The number of halogens is 2. The molecule has 194 valence electrons. The molecule has 0 aliphatic carbocycles. The Kier molecular flexibility index (Phi) is 7.79. The lowest BCUT2D eigenvalue weighted by Crippen LogP contribution is -2.11. The summed E-state index contributed by atoms with van der Waals surface area (Å²) in [5.41, 5.74) is 0.391. The standard InChI is InChI=1S/C25H17Cl2N3O8/c1-14-8-18(3-5-21(14)26)37-20-10-15(9-17(11-20)30(34)35)28-25(31)24-7-4-19(38-24)13-36-23-6-2-16(29(32)33)12-22(23)27/h2-12H,13H2,1H3,(H,28,31). The van der Waals surface area contributed by atoms with E-state index in [1.807, 2.05) is 0 Å². The second-order valence-electron chi connectivity index (χ2n) is 7.87. The van der Waals surface area contributed by atoms with E-state index < -0.39 is 15.8 Å². The summed E-state index contributed by atoms with van der Waals surface area (Å²) >= 11 is 12.0. The van der Waals surface area contributed by atoms with Crippen LogP contribution in [0.25, 0.3) is 0 Å². The molecular weight excluding hydrogens is 541 g/mol. The Morgan fingerprint density at radius 1 is 0.895 bits per heavy atom. The molecule has 1 N–H and O–H groups in total. The second-order valence-corrected chi connectivity index (χ2v) is 8.68. The average molecular weight is 558 g/mol. The van der Waals surface area contributed by atoms with E-state index in [1.54, 1.807) is 25.1 Å². The monoisotopic (exact) mass is 557 g/mol. The Hall–Kier alpha value is -4.61. The highest BCUT2D eigenvalue weighted by atomic mass is 35.5. The number of carbonyl (C=O) groups excluding carboxylic acids is 1. The molecule has 0 radical (unpaired) electrons. The molecule has 0 aliphatic rings. The lowest BCUT2D eigenvalue weighted by atomic mass is 10.2. The van der Waals surface area contributed by atoms with E-state index in [0.29, 0.717) is 10.8 Å². The molecule has 1 amide bonds. The first-order valence-corrected chi connectivity index (χ1v) is 11.5. The van der Waals surface area contributed by atoms with Crippen LogP contribution in [0.15, 0.2) is 71.1 Å². The predicted molar refractivity (Wildman–Crippen MR) is 138 cm³/mol. The fourth-order valence-electron chi connectivity index (χ4n) is 3.28. The number of furan rings is 1.